The highest BCUT2D eigenvalue weighted by atomic mass is 32.2. The Labute approximate surface area is 238 Å². The first-order valence-corrected chi connectivity index (χ1v) is 13.6. The molecule has 0 aliphatic carbocycles. The average Bonchev–Trinajstić information content (AvgIpc) is 3.49. The van der Waals surface area contributed by atoms with E-state index < -0.39 is 48.9 Å². The Balaban J connectivity index is 1.31. The van der Waals surface area contributed by atoms with Crippen LogP contribution in [0.1, 0.15) is 35.1 Å². The molecule has 0 unspecified atom stereocenters. The number of alkyl halides is 8. The van der Waals surface area contributed by atoms with E-state index in [1.807, 2.05) is 4.90 Å². The van der Waals surface area contributed by atoms with Crippen LogP contribution < -0.4 is 5.32 Å². The van der Waals surface area contributed by atoms with Crippen LogP contribution in [0, 0.1) is 0 Å². The number of benzene rings is 2. The van der Waals surface area contributed by atoms with Gasteiger partial charge in [-0.05, 0) is 66.1 Å². The maximum Gasteiger partial charge on any atom is 0.416 e. The smallest absolute Gasteiger partial charge is 0.349 e. The van der Waals surface area contributed by atoms with Crippen LogP contribution >= 0.6 is 11.8 Å². The van der Waals surface area contributed by atoms with Crippen LogP contribution in [0.4, 0.5) is 35.1 Å². The molecule has 0 saturated carbocycles. The third kappa shape index (κ3) is 6.77. The van der Waals surface area contributed by atoms with Gasteiger partial charge in [-0.3, -0.25) is 9.48 Å². The van der Waals surface area contributed by atoms with Crippen molar-refractivity contribution in [2.75, 3.05) is 19.6 Å². The average molecular weight is 618 g/mol. The molecule has 6 nitrogen and oxygen atoms in total. The molecule has 3 aromatic rings. The number of hydrogen-bond acceptors (Lipinski definition) is 5. The van der Waals surface area contributed by atoms with Gasteiger partial charge in [0.1, 0.15) is 0 Å². The minimum Gasteiger partial charge on any atom is -0.349 e. The van der Waals surface area contributed by atoms with Crippen molar-refractivity contribution in [2.24, 2.45) is 4.99 Å². The third-order valence-electron chi connectivity index (χ3n) is 6.89. The number of nitrogens with one attached hydrogen (secondary N) is 1. The summed E-state index contributed by atoms with van der Waals surface area (Å²) < 4.78 is 106. The summed E-state index contributed by atoms with van der Waals surface area (Å²) >= 11 is 1.17. The lowest BCUT2D eigenvalue weighted by Gasteiger charge is -2.33. The summed E-state index contributed by atoms with van der Waals surface area (Å²) in [5.74, 6) is -0.449. The van der Waals surface area contributed by atoms with Gasteiger partial charge in [0.15, 0.2) is 5.17 Å². The van der Waals surface area contributed by atoms with Crippen molar-refractivity contribution in [3.8, 4) is 0 Å². The zero-order chi connectivity index (χ0) is 30.2. The Bertz CT molecular complexity index is 1550. The minimum absolute atomic E-state index is 0.0991. The van der Waals surface area contributed by atoms with Crippen molar-refractivity contribution < 1.29 is 39.9 Å². The number of fused-ring (bicyclic) bond motifs is 1. The van der Waals surface area contributed by atoms with Crippen molar-refractivity contribution in [3.63, 3.8) is 0 Å². The first kappa shape index (κ1) is 30.0. The second kappa shape index (κ2) is 11.7. The number of piperidine rings is 1. The monoisotopic (exact) mass is 617 g/mol. The van der Waals surface area contributed by atoms with Crippen LogP contribution in [-0.2, 0) is 23.7 Å². The third-order valence-corrected chi connectivity index (χ3v) is 7.93. The molecule has 1 N–H and O–H groups in total. The van der Waals surface area contributed by atoms with Crippen LogP contribution in [0.2, 0.25) is 0 Å². The zero-order valence-corrected chi connectivity index (χ0v) is 22.5. The van der Waals surface area contributed by atoms with Gasteiger partial charge in [-0.1, -0.05) is 12.1 Å². The van der Waals surface area contributed by atoms with Crippen LogP contribution in [0.25, 0.3) is 17.0 Å². The van der Waals surface area contributed by atoms with Gasteiger partial charge in [-0.15, -0.1) is 0 Å². The van der Waals surface area contributed by atoms with E-state index in [2.05, 4.69) is 15.4 Å². The van der Waals surface area contributed by atoms with Gasteiger partial charge in [0.2, 0.25) is 0 Å². The van der Waals surface area contributed by atoms with Crippen molar-refractivity contribution in [2.45, 2.75) is 44.2 Å². The largest absolute Gasteiger partial charge is 0.416 e. The summed E-state index contributed by atoms with van der Waals surface area (Å²) in [6.07, 6.45) is -7.84. The van der Waals surface area contributed by atoms with Crippen molar-refractivity contribution >= 4 is 39.8 Å². The predicted octanol–water partition coefficient (Wildman–Crippen LogP) is 6.41. The number of hydrogen-bond donors (Lipinski definition) is 1. The number of thioether (sulfide) groups is 1. The van der Waals surface area contributed by atoms with E-state index in [0.29, 0.717) is 45.7 Å². The van der Waals surface area contributed by atoms with E-state index in [9.17, 15) is 39.9 Å². The van der Waals surface area contributed by atoms with Crippen molar-refractivity contribution in [1.82, 2.24) is 20.0 Å². The highest BCUT2D eigenvalue weighted by molar-refractivity contribution is 8.18. The molecule has 2 aliphatic rings. The summed E-state index contributed by atoms with van der Waals surface area (Å²) in [5, 5.41) is 7.99. The molecule has 0 radical (unpaired) electrons. The van der Waals surface area contributed by atoms with Gasteiger partial charge in [-0.2, -0.15) is 36.4 Å². The normalized spacial score (nSPS) is 19.4. The van der Waals surface area contributed by atoms with Gasteiger partial charge in [-0.25, -0.2) is 8.78 Å². The number of rotatable bonds is 6. The predicted molar refractivity (Wildman–Crippen MR) is 142 cm³/mol. The Morgan fingerprint density at radius 1 is 1.07 bits per heavy atom. The molecule has 15 heteroatoms. The standard InChI is InChI=1S/C27H23F8N5OS/c28-23(29)12-36-19-2-1-7-39(14-19)25-38-24(41)22(42-25)9-15-3-6-21-17(8-15)11-37-40(21)13-16-4-5-18(26(30,31)32)10-20(16)27(33,34)35/h3-6,8-11,19,23,36H,1-2,7,12-14H2/b22-9-/t19-/m0/s1. The molecule has 1 saturated heterocycles. The van der Waals surface area contributed by atoms with Gasteiger partial charge < -0.3 is 10.2 Å². The number of halogens is 8. The van der Waals surface area contributed by atoms with Crippen LogP contribution in [0.5, 0.6) is 0 Å². The highest BCUT2D eigenvalue weighted by Crippen LogP contribution is 2.38. The zero-order valence-electron chi connectivity index (χ0n) is 21.6. The fourth-order valence-electron chi connectivity index (χ4n) is 4.90. The van der Waals surface area contributed by atoms with Gasteiger partial charge in [0.05, 0.1) is 40.8 Å². The van der Waals surface area contributed by atoms with Crippen LogP contribution in [-0.4, -0.2) is 57.9 Å². The number of nitrogens with zero attached hydrogens (tertiary/aromatic N) is 4. The van der Waals surface area contributed by atoms with E-state index in [1.165, 1.54) is 22.6 Å². The molecule has 0 bridgehead atoms. The molecule has 1 fully saturated rings. The summed E-state index contributed by atoms with van der Waals surface area (Å²) in [7, 11) is 0. The van der Waals surface area contributed by atoms with Crippen LogP contribution in [0.3, 0.4) is 0 Å². The van der Waals surface area contributed by atoms with Crippen molar-refractivity contribution in [3.05, 3.63) is 69.8 Å². The van der Waals surface area contributed by atoms with E-state index in [4.69, 9.17) is 0 Å². The lowest BCUT2D eigenvalue weighted by atomic mass is 10.0. The number of likely N-dealkylation sites (tertiary alicyclic amines) is 1. The van der Waals surface area contributed by atoms with Crippen molar-refractivity contribution in [1.29, 1.82) is 0 Å². The lowest BCUT2D eigenvalue weighted by molar-refractivity contribution is -0.143. The molecule has 1 amide bonds. The fourth-order valence-corrected chi connectivity index (χ4v) is 5.84. The summed E-state index contributed by atoms with van der Waals surface area (Å²) in [4.78, 5) is 19.0. The summed E-state index contributed by atoms with van der Waals surface area (Å²) in [6, 6.07) is 6.29. The second-order valence-electron chi connectivity index (χ2n) is 9.88. The Morgan fingerprint density at radius 3 is 2.57 bits per heavy atom. The first-order valence-electron chi connectivity index (χ1n) is 12.8. The van der Waals surface area contributed by atoms with E-state index in [1.54, 1.807) is 24.3 Å². The number of aromatic nitrogens is 2. The van der Waals surface area contributed by atoms with Gasteiger partial charge >= 0.3 is 12.4 Å². The van der Waals surface area contributed by atoms with Crippen LogP contribution in [0.15, 0.2) is 52.5 Å². The lowest BCUT2D eigenvalue weighted by Crippen LogP contribution is -2.48. The quantitative estimate of drug-likeness (QED) is 0.256. The van der Waals surface area contributed by atoms with E-state index in [-0.39, 0.29) is 17.7 Å². The summed E-state index contributed by atoms with van der Waals surface area (Å²) in [6.45, 7) is 0.263. The first-order chi connectivity index (χ1) is 19.8. The summed E-state index contributed by atoms with van der Waals surface area (Å²) in [5.41, 5.74) is -2.09. The fraction of sp³-hybridized carbons (Fsp3) is 0.370. The number of carbonyl (C=O) groups is 1. The topological polar surface area (TPSA) is 62.5 Å². The Morgan fingerprint density at radius 2 is 1.86 bits per heavy atom. The molecule has 5 rings (SSSR count). The highest BCUT2D eigenvalue weighted by Gasteiger charge is 2.38. The molecular formula is C27H23F8N5OS. The Hall–Kier alpha value is -3.46. The number of carbonyl (C=O) groups excluding carboxylic acids is 1. The SMILES string of the molecule is O=C1N=C(N2CCC[C@H](NCC(F)F)C2)S/C1=C\c1ccc2c(cnn2Cc2ccc(C(F)(F)F)cc2C(F)(F)F)c1. The molecule has 42 heavy (non-hydrogen) atoms. The Kier molecular flexibility index (Phi) is 8.34. The molecule has 224 valence electrons. The molecule has 3 heterocycles. The van der Waals surface area contributed by atoms with E-state index >= 15 is 0 Å². The second-order valence-corrected chi connectivity index (χ2v) is 10.9. The molecule has 1 aromatic heterocycles. The van der Waals surface area contributed by atoms with Gasteiger partial charge in [0, 0.05) is 24.5 Å². The molecule has 1 atom stereocenters. The number of aliphatic imine (C=N–C) groups is 1. The molecule has 0 spiro atoms. The minimum atomic E-state index is -5.00. The maximum atomic E-state index is 13.6. The number of amides is 1. The number of amidine groups is 1. The molecule has 2 aromatic carbocycles. The molecule has 2 aliphatic heterocycles. The molecular weight excluding hydrogens is 594 g/mol. The van der Waals surface area contributed by atoms with E-state index in [0.717, 1.165) is 18.9 Å². The van der Waals surface area contributed by atoms with Gasteiger partial charge in [0.25, 0.3) is 12.3 Å². The maximum absolute atomic E-state index is 13.6.